The predicted molar refractivity (Wildman–Crippen MR) is 297 cm³/mol. The van der Waals surface area contributed by atoms with Gasteiger partial charge in [-0.3, -0.25) is 4.79 Å². The minimum atomic E-state index is -1.26. The molecule has 10 aromatic rings. The summed E-state index contributed by atoms with van der Waals surface area (Å²) >= 11 is 0. The number of nitrogens with zero attached hydrogens (tertiary/aromatic N) is 4. The molecule has 1 aliphatic carbocycles. The smallest absolute Gasteiger partial charge is 0.407 e. The van der Waals surface area contributed by atoms with E-state index in [0.29, 0.717) is 11.4 Å². The number of nitrogens with one attached hydrogen (secondary N) is 2. The SMILES string of the molecule is COC(=O)[C@H](Cc1cn(C(c2ccccc2)(c2ccccc2)c2ccccc2)cn1)NC(=O)[C@H](Cc1cn(C(c2ccccc2)(c2ccccc2)c2ccccc2)cn1)NC(=O)OCC1c2ccccc2-c2ccccc21. The van der Waals surface area contributed by atoms with Crippen LogP contribution >= 0.6 is 0 Å². The number of aromatic nitrogens is 4. The van der Waals surface area contributed by atoms with Crippen molar-refractivity contribution in [2.24, 2.45) is 0 Å². The molecule has 2 N–H and O–H groups in total. The maximum atomic E-state index is 15.0. The Morgan fingerprint density at radius 1 is 0.468 bits per heavy atom. The Balaban J connectivity index is 0.928. The number of carbonyl (C=O) groups is 3. The van der Waals surface area contributed by atoms with Crippen molar-refractivity contribution in [1.29, 1.82) is 0 Å². The first kappa shape index (κ1) is 49.6. The molecule has 0 aliphatic heterocycles. The third kappa shape index (κ3) is 9.59. The number of alkyl carbamates (subject to hydrolysis) is 1. The van der Waals surface area contributed by atoms with Gasteiger partial charge in [0, 0.05) is 31.2 Å². The van der Waals surface area contributed by atoms with Crippen LogP contribution < -0.4 is 10.6 Å². The minimum absolute atomic E-state index is 0.0279. The Labute approximate surface area is 447 Å². The Bertz CT molecular complexity index is 3370. The molecule has 0 saturated heterocycles. The molecule has 11 nitrogen and oxygen atoms in total. The average molecular weight is 1010 g/mol. The molecule has 0 unspecified atom stereocenters. The average Bonchev–Trinajstić information content (AvgIpc) is 4.25. The number of amides is 2. The number of benzene rings is 8. The quantitative estimate of drug-likeness (QED) is 0.0647. The Hall–Kier alpha value is -9.61. The van der Waals surface area contributed by atoms with Gasteiger partial charge in [0.05, 0.1) is 31.2 Å². The summed E-state index contributed by atoms with van der Waals surface area (Å²) < 4.78 is 15.5. The number of ether oxygens (including phenoxy) is 2. The van der Waals surface area contributed by atoms with Crippen molar-refractivity contribution in [3.05, 3.63) is 311 Å². The van der Waals surface area contributed by atoms with Crippen LogP contribution in [0, 0.1) is 0 Å². The van der Waals surface area contributed by atoms with Crippen molar-refractivity contribution in [2.75, 3.05) is 13.7 Å². The highest BCUT2D eigenvalue weighted by molar-refractivity contribution is 5.90. The molecule has 2 heterocycles. The summed E-state index contributed by atoms with van der Waals surface area (Å²) in [5, 5.41) is 5.85. The molecule has 380 valence electrons. The fourth-order valence-corrected chi connectivity index (χ4v) is 11.3. The van der Waals surface area contributed by atoms with Gasteiger partial charge in [0.25, 0.3) is 0 Å². The lowest BCUT2D eigenvalue weighted by molar-refractivity contribution is -0.145. The lowest BCUT2D eigenvalue weighted by Crippen LogP contribution is -2.53. The van der Waals surface area contributed by atoms with Crippen LogP contribution in [0.4, 0.5) is 4.79 Å². The zero-order valence-corrected chi connectivity index (χ0v) is 42.4. The number of methoxy groups -OCH3 is 1. The van der Waals surface area contributed by atoms with Crippen molar-refractivity contribution in [1.82, 2.24) is 29.7 Å². The van der Waals surface area contributed by atoms with Crippen LogP contribution in [0.2, 0.25) is 0 Å². The zero-order chi connectivity index (χ0) is 52.6. The molecular weight excluding hydrogens is 957 g/mol. The molecular formula is C66H56N6O5. The second kappa shape index (κ2) is 22.1. The van der Waals surface area contributed by atoms with E-state index in [2.05, 4.69) is 117 Å². The number of rotatable bonds is 18. The number of esters is 1. The second-order valence-electron chi connectivity index (χ2n) is 19.2. The maximum Gasteiger partial charge on any atom is 0.407 e. The summed E-state index contributed by atoms with van der Waals surface area (Å²) in [6.07, 6.45) is 6.46. The number of carbonyl (C=O) groups excluding carboxylic acids is 3. The fraction of sp³-hybridized carbons (Fsp3) is 0.136. The highest BCUT2D eigenvalue weighted by Gasteiger charge is 2.41. The standard InChI is InChI=1S/C66H56N6O5/c1-76-63(74)61(41-54-43-72(46-68-54)66(50-30-14-5-15-31-50,51-32-16-6-17-33-51)52-34-18-7-19-35-52)69-62(73)60(70-64(75)77-44-59-57-38-22-20-36-55(57)56-37-21-23-39-58(56)59)40-53-42-71(45-67-53)65(47-24-8-2-9-25-47,48-26-10-3-11-27-48)49-28-12-4-13-29-49/h2-39,42-43,45-46,59-61H,40-41,44H2,1H3,(H,69,73)(H,70,75)/t60-,61-/m0/s1. The van der Waals surface area contributed by atoms with Gasteiger partial charge >= 0.3 is 12.1 Å². The summed E-state index contributed by atoms with van der Waals surface area (Å²) in [5.74, 6) is -1.54. The lowest BCUT2D eigenvalue weighted by Gasteiger charge is -2.37. The minimum Gasteiger partial charge on any atom is -0.467 e. The first-order valence-corrected chi connectivity index (χ1v) is 25.8. The number of hydrogen-bond donors (Lipinski definition) is 2. The van der Waals surface area contributed by atoms with Crippen molar-refractivity contribution in [2.45, 2.75) is 41.9 Å². The Morgan fingerprint density at radius 3 is 1.17 bits per heavy atom. The van der Waals surface area contributed by atoms with E-state index in [0.717, 1.165) is 55.6 Å². The van der Waals surface area contributed by atoms with Crippen LogP contribution in [0.1, 0.15) is 61.8 Å². The molecule has 11 heteroatoms. The number of imidazole rings is 2. The van der Waals surface area contributed by atoms with Gasteiger partial charge in [-0.05, 0) is 55.6 Å². The normalized spacial score (nSPS) is 12.9. The van der Waals surface area contributed by atoms with Crippen molar-refractivity contribution >= 4 is 18.0 Å². The summed E-state index contributed by atoms with van der Waals surface area (Å²) in [6.45, 7) is 0.0282. The molecule has 0 fully saturated rings. The summed E-state index contributed by atoms with van der Waals surface area (Å²) in [4.78, 5) is 53.0. The predicted octanol–water partition coefficient (Wildman–Crippen LogP) is 11.1. The molecule has 0 bridgehead atoms. The molecule has 0 spiro atoms. The van der Waals surface area contributed by atoms with Crippen LogP contribution in [0.3, 0.4) is 0 Å². The van der Waals surface area contributed by atoms with Crippen molar-refractivity contribution in [3.63, 3.8) is 0 Å². The molecule has 11 rings (SSSR count). The van der Waals surface area contributed by atoms with E-state index < -0.39 is 41.1 Å². The van der Waals surface area contributed by atoms with Crippen molar-refractivity contribution in [3.8, 4) is 11.1 Å². The number of fused-ring (bicyclic) bond motifs is 3. The molecule has 77 heavy (non-hydrogen) atoms. The Morgan fingerprint density at radius 2 is 0.805 bits per heavy atom. The van der Waals surface area contributed by atoms with Gasteiger partial charge in [0.1, 0.15) is 29.8 Å². The van der Waals surface area contributed by atoms with Crippen LogP contribution in [-0.4, -0.2) is 62.9 Å². The van der Waals surface area contributed by atoms with Gasteiger partial charge in [0.15, 0.2) is 0 Å². The molecule has 0 radical (unpaired) electrons. The van der Waals surface area contributed by atoms with Gasteiger partial charge in [-0.2, -0.15) is 0 Å². The van der Waals surface area contributed by atoms with Crippen LogP contribution in [0.15, 0.2) is 256 Å². The second-order valence-corrected chi connectivity index (χ2v) is 19.2. The van der Waals surface area contributed by atoms with Crippen LogP contribution in [0.25, 0.3) is 11.1 Å². The van der Waals surface area contributed by atoms with E-state index in [1.165, 1.54) is 7.11 Å². The van der Waals surface area contributed by atoms with Crippen LogP contribution in [-0.2, 0) is 43.0 Å². The molecule has 2 atom stereocenters. The highest BCUT2D eigenvalue weighted by atomic mass is 16.5. The topological polar surface area (TPSA) is 129 Å². The molecule has 2 aromatic heterocycles. The number of hydrogen-bond acceptors (Lipinski definition) is 7. The van der Waals surface area contributed by atoms with Gasteiger partial charge < -0.3 is 29.2 Å². The van der Waals surface area contributed by atoms with Gasteiger partial charge in [-0.15, -0.1) is 0 Å². The van der Waals surface area contributed by atoms with Crippen molar-refractivity contribution < 1.29 is 23.9 Å². The Kier molecular flexibility index (Phi) is 14.2. The largest absolute Gasteiger partial charge is 0.467 e. The van der Waals surface area contributed by atoms with Crippen LogP contribution in [0.5, 0.6) is 0 Å². The van der Waals surface area contributed by atoms with Gasteiger partial charge in [-0.25, -0.2) is 19.6 Å². The third-order valence-electron chi connectivity index (χ3n) is 14.8. The molecule has 1 aliphatic rings. The summed E-state index contributed by atoms with van der Waals surface area (Å²) in [6, 6.07) is 75.0. The highest BCUT2D eigenvalue weighted by Crippen LogP contribution is 2.45. The first-order valence-electron chi connectivity index (χ1n) is 25.8. The molecule has 0 saturated carbocycles. The lowest BCUT2D eigenvalue weighted by atomic mass is 9.77. The van der Waals surface area contributed by atoms with E-state index in [-0.39, 0.29) is 25.4 Å². The summed E-state index contributed by atoms with van der Waals surface area (Å²) in [5.41, 5.74) is 9.53. The van der Waals surface area contributed by atoms with E-state index in [1.54, 1.807) is 12.7 Å². The van der Waals surface area contributed by atoms with E-state index in [9.17, 15) is 9.59 Å². The van der Waals surface area contributed by atoms with E-state index >= 15 is 4.79 Å². The molecule has 2 amide bonds. The third-order valence-corrected chi connectivity index (χ3v) is 14.8. The summed E-state index contributed by atoms with van der Waals surface area (Å²) in [7, 11) is 1.28. The fourth-order valence-electron chi connectivity index (χ4n) is 11.3. The monoisotopic (exact) mass is 1010 g/mol. The maximum absolute atomic E-state index is 15.0. The first-order chi connectivity index (χ1) is 37.9. The van der Waals surface area contributed by atoms with Gasteiger partial charge in [0.2, 0.25) is 5.91 Å². The molecule has 8 aromatic carbocycles. The van der Waals surface area contributed by atoms with E-state index in [1.807, 2.05) is 146 Å². The van der Waals surface area contributed by atoms with Gasteiger partial charge in [-0.1, -0.05) is 231 Å². The van der Waals surface area contributed by atoms with E-state index in [4.69, 9.17) is 19.4 Å². The zero-order valence-electron chi connectivity index (χ0n) is 42.4.